The van der Waals surface area contributed by atoms with Crippen molar-refractivity contribution in [2.24, 2.45) is 0 Å². The van der Waals surface area contributed by atoms with Gasteiger partial charge in [-0.05, 0) is 73.9 Å². The molecule has 1 aromatic heterocycles. The van der Waals surface area contributed by atoms with Crippen LogP contribution in [0.3, 0.4) is 0 Å². The van der Waals surface area contributed by atoms with E-state index in [1.807, 2.05) is 61.5 Å². The van der Waals surface area contributed by atoms with Gasteiger partial charge in [0, 0.05) is 28.7 Å². The molecule has 2 heterocycles. The molecule has 5 rings (SSSR count). The van der Waals surface area contributed by atoms with Gasteiger partial charge in [-0.25, -0.2) is 13.4 Å². The molecule has 1 fully saturated rings. The number of carbonyl (C=O) groups is 1. The second-order valence-corrected chi connectivity index (χ2v) is 10.5. The first-order valence-corrected chi connectivity index (χ1v) is 12.9. The van der Waals surface area contributed by atoms with Gasteiger partial charge in [0.15, 0.2) is 0 Å². The Kier molecular flexibility index (Phi) is 5.79. The predicted octanol–water partition coefficient (Wildman–Crippen LogP) is 5.39. The SMILES string of the molecule is Cc1ccc(NC(=O)c2ccc(N3CCCCS3(=O)=O)cc2)cc1-c1ccc2ccccc2n1. The topological polar surface area (TPSA) is 79.4 Å². The molecule has 1 saturated heterocycles. The van der Waals surface area contributed by atoms with Crippen LogP contribution >= 0.6 is 0 Å². The second kappa shape index (κ2) is 8.91. The Bertz CT molecular complexity index is 1480. The molecule has 0 aliphatic carbocycles. The van der Waals surface area contributed by atoms with Crippen molar-refractivity contribution in [3.05, 3.63) is 90.0 Å². The number of sulfonamides is 1. The van der Waals surface area contributed by atoms with Crippen molar-refractivity contribution >= 4 is 38.2 Å². The summed E-state index contributed by atoms with van der Waals surface area (Å²) < 4.78 is 26.1. The Morgan fingerprint density at radius 3 is 2.53 bits per heavy atom. The minimum Gasteiger partial charge on any atom is -0.322 e. The van der Waals surface area contributed by atoms with Crippen molar-refractivity contribution in [1.29, 1.82) is 0 Å². The van der Waals surface area contributed by atoms with Gasteiger partial charge in [-0.3, -0.25) is 9.10 Å². The number of pyridine rings is 1. The molecule has 3 aromatic carbocycles. The van der Waals surface area contributed by atoms with Crippen LogP contribution in [-0.2, 0) is 10.0 Å². The highest BCUT2D eigenvalue weighted by molar-refractivity contribution is 7.92. The monoisotopic (exact) mass is 471 g/mol. The molecule has 1 aliphatic heterocycles. The molecule has 0 spiro atoms. The Morgan fingerprint density at radius 1 is 0.941 bits per heavy atom. The summed E-state index contributed by atoms with van der Waals surface area (Å²) >= 11 is 0. The van der Waals surface area contributed by atoms with E-state index in [0.29, 0.717) is 29.9 Å². The van der Waals surface area contributed by atoms with Gasteiger partial charge >= 0.3 is 0 Å². The van der Waals surface area contributed by atoms with Gasteiger partial charge < -0.3 is 5.32 Å². The third-order valence-corrected chi connectivity index (χ3v) is 8.01. The standard InChI is InChI=1S/C27H25N3O3S/c1-19-8-12-22(18-24(19)26-15-11-20-6-2-3-7-25(20)29-26)28-27(31)21-9-13-23(14-10-21)30-16-4-5-17-34(30,32)33/h2-3,6-15,18H,4-5,16-17H2,1H3,(H,28,31). The zero-order valence-electron chi connectivity index (χ0n) is 18.9. The lowest BCUT2D eigenvalue weighted by Gasteiger charge is -2.28. The largest absolute Gasteiger partial charge is 0.322 e. The molecule has 0 radical (unpaired) electrons. The average molecular weight is 472 g/mol. The lowest BCUT2D eigenvalue weighted by Crippen LogP contribution is -2.37. The highest BCUT2D eigenvalue weighted by Crippen LogP contribution is 2.28. The van der Waals surface area contributed by atoms with Crippen LogP contribution in [0.5, 0.6) is 0 Å². The Balaban J connectivity index is 1.36. The fourth-order valence-electron chi connectivity index (χ4n) is 4.25. The molecular formula is C27H25N3O3S. The summed E-state index contributed by atoms with van der Waals surface area (Å²) in [6.07, 6.45) is 1.52. The molecule has 34 heavy (non-hydrogen) atoms. The van der Waals surface area contributed by atoms with Crippen molar-refractivity contribution < 1.29 is 13.2 Å². The Labute approximate surface area is 199 Å². The van der Waals surface area contributed by atoms with Crippen LogP contribution in [0.15, 0.2) is 78.9 Å². The number of hydrogen-bond acceptors (Lipinski definition) is 4. The zero-order valence-corrected chi connectivity index (χ0v) is 19.7. The molecular weight excluding hydrogens is 446 g/mol. The maximum Gasteiger partial charge on any atom is 0.255 e. The maximum atomic E-state index is 12.9. The van der Waals surface area contributed by atoms with Crippen LogP contribution in [0, 0.1) is 6.92 Å². The molecule has 0 saturated carbocycles. The molecule has 1 aliphatic rings. The van der Waals surface area contributed by atoms with Gasteiger partial charge in [-0.1, -0.05) is 30.3 Å². The van der Waals surface area contributed by atoms with Crippen LogP contribution in [0.25, 0.3) is 22.2 Å². The highest BCUT2D eigenvalue weighted by atomic mass is 32.2. The number of carbonyl (C=O) groups excluding carboxylic acids is 1. The van der Waals surface area contributed by atoms with Crippen molar-refractivity contribution in [2.45, 2.75) is 19.8 Å². The molecule has 6 nitrogen and oxygen atoms in total. The van der Waals surface area contributed by atoms with Gasteiger partial charge in [0.25, 0.3) is 5.91 Å². The first kappa shape index (κ1) is 22.1. The van der Waals surface area contributed by atoms with E-state index in [9.17, 15) is 13.2 Å². The summed E-state index contributed by atoms with van der Waals surface area (Å²) in [7, 11) is -3.28. The molecule has 0 unspecified atom stereocenters. The Morgan fingerprint density at radius 2 is 1.74 bits per heavy atom. The highest BCUT2D eigenvalue weighted by Gasteiger charge is 2.26. The number of nitrogens with one attached hydrogen (secondary N) is 1. The maximum absolute atomic E-state index is 12.9. The number of nitrogens with zero attached hydrogens (tertiary/aromatic N) is 2. The molecule has 4 aromatic rings. The van der Waals surface area contributed by atoms with Crippen LogP contribution < -0.4 is 9.62 Å². The van der Waals surface area contributed by atoms with Crippen LogP contribution in [0.2, 0.25) is 0 Å². The lowest BCUT2D eigenvalue weighted by atomic mass is 10.0. The molecule has 7 heteroatoms. The summed E-state index contributed by atoms with van der Waals surface area (Å²) in [5.74, 6) is -0.0915. The molecule has 0 atom stereocenters. The van der Waals surface area contributed by atoms with E-state index in [1.165, 1.54) is 4.31 Å². The fourth-order valence-corrected chi connectivity index (χ4v) is 5.89. The minimum absolute atomic E-state index is 0.164. The summed E-state index contributed by atoms with van der Waals surface area (Å²) in [6.45, 7) is 2.49. The van der Waals surface area contributed by atoms with Gasteiger partial charge in [0.2, 0.25) is 10.0 Å². The van der Waals surface area contributed by atoms with Crippen LogP contribution in [-0.4, -0.2) is 31.6 Å². The smallest absolute Gasteiger partial charge is 0.255 e. The fraction of sp³-hybridized carbons (Fsp3) is 0.185. The molecule has 1 amide bonds. The number of benzene rings is 3. The molecule has 0 bridgehead atoms. The van der Waals surface area contributed by atoms with E-state index in [-0.39, 0.29) is 11.7 Å². The summed E-state index contributed by atoms with van der Waals surface area (Å²) in [4.78, 5) is 17.7. The van der Waals surface area contributed by atoms with Gasteiger partial charge in [-0.2, -0.15) is 0 Å². The van der Waals surface area contributed by atoms with E-state index in [4.69, 9.17) is 4.98 Å². The van der Waals surface area contributed by atoms with Crippen molar-refractivity contribution in [3.8, 4) is 11.3 Å². The lowest BCUT2D eigenvalue weighted by molar-refractivity contribution is 0.102. The van der Waals surface area contributed by atoms with Gasteiger partial charge in [0.1, 0.15) is 0 Å². The van der Waals surface area contributed by atoms with Gasteiger partial charge in [-0.15, -0.1) is 0 Å². The van der Waals surface area contributed by atoms with Crippen molar-refractivity contribution in [1.82, 2.24) is 4.98 Å². The molecule has 1 N–H and O–H groups in total. The van der Waals surface area contributed by atoms with Crippen molar-refractivity contribution in [2.75, 3.05) is 21.9 Å². The summed E-state index contributed by atoms with van der Waals surface area (Å²) in [5, 5.41) is 4.03. The number of amides is 1. The first-order valence-electron chi connectivity index (χ1n) is 11.3. The average Bonchev–Trinajstić information content (AvgIpc) is 2.85. The van der Waals surface area contributed by atoms with E-state index >= 15 is 0 Å². The molecule has 172 valence electrons. The van der Waals surface area contributed by atoms with Crippen LogP contribution in [0.4, 0.5) is 11.4 Å². The van der Waals surface area contributed by atoms with E-state index in [1.54, 1.807) is 24.3 Å². The summed E-state index contributed by atoms with van der Waals surface area (Å²) in [5.41, 5.74) is 5.51. The predicted molar refractivity (Wildman–Crippen MR) is 137 cm³/mol. The quantitative estimate of drug-likeness (QED) is 0.433. The third kappa shape index (κ3) is 4.39. The third-order valence-electron chi connectivity index (χ3n) is 6.14. The number of aromatic nitrogens is 1. The van der Waals surface area contributed by atoms with Crippen LogP contribution in [0.1, 0.15) is 28.8 Å². The number of fused-ring (bicyclic) bond motifs is 1. The second-order valence-electron chi connectivity index (χ2n) is 8.52. The van der Waals surface area contributed by atoms with Gasteiger partial charge in [0.05, 0.1) is 22.7 Å². The number of aryl methyl sites for hydroxylation is 1. The van der Waals surface area contributed by atoms with E-state index in [0.717, 1.165) is 34.1 Å². The zero-order chi connectivity index (χ0) is 23.7. The number of anilines is 2. The Hall–Kier alpha value is -3.71. The van der Waals surface area contributed by atoms with E-state index < -0.39 is 10.0 Å². The minimum atomic E-state index is -3.28. The first-order chi connectivity index (χ1) is 16.4. The number of para-hydroxylation sites is 1. The normalized spacial score (nSPS) is 15.3. The summed E-state index contributed by atoms with van der Waals surface area (Å²) in [6, 6.07) is 24.5. The van der Waals surface area contributed by atoms with E-state index in [2.05, 4.69) is 5.32 Å². The number of hydrogen-bond donors (Lipinski definition) is 1. The number of rotatable bonds is 4. The van der Waals surface area contributed by atoms with Crippen molar-refractivity contribution in [3.63, 3.8) is 0 Å².